The quantitative estimate of drug-likeness (QED) is 0.839. The van der Waals surface area contributed by atoms with Crippen molar-refractivity contribution in [1.29, 1.82) is 0 Å². The van der Waals surface area contributed by atoms with E-state index >= 15 is 0 Å². The van der Waals surface area contributed by atoms with Gasteiger partial charge in [-0.05, 0) is 44.0 Å². The molecule has 0 radical (unpaired) electrons. The molecule has 1 saturated heterocycles. The summed E-state index contributed by atoms with van der Waals surface area (Å²) in [6.45, 7) is 4.46. The van der Waals surface area contributed by atoms with Crippen molar-refractivity contribution in [2.45, 2.75) is 31.8 Å². The highest BCUT2D eigenvalue weighted by Crippen LogP contribution is 2.32. The minimum atomic E-state index is 0.173. The summed E-state index contributed by atoms with van der Waals surface area (Å²) in [5.74, 6) is 0.567. The van der Waals surface area contributed by atoms with Crippen LogP contribution < -0.4 is 5.32 Å². The molecule has 21 heavy (non-hydrogen) atoms. The molecular formula is C16H24Cl2N2O. The molecular weight excluding hydrogens is 307 g/mol. The Balaban J connectivity index is 2.01. The molecule has 5 heteroatoms. The molecule has 1 aliphatic heterocycles. The third-order valence-electron chi connectivity index (χ3n) is 4.59. The summed E-state index contributed by atoms with van der Waals surface area (Å²) in [6.07, 6.45) is 2.10. The second kappa shape index (κ2) is 7.80. The first-order valence-electron chi connectivity index (χ1n) is 7.54. The van der Waals surface area contributed by atoms with E-state index in [-0.39, 0.29) is 18.7 Å². The van der Waals surface area contributed by atoms with E-state index in [1.54, 1.807) is 0 Å². The molecule has 1 aromatic carbocycles. The molecule has 2 rings (SSSR count). The summed E-state index contributed by atoms with van der Waals surface area (Å²) >= 11 is 12.4. The molecule has 1 fully saturated rings. The van der Waals surface area contributed by atoms with Crippen LogP contribution >= 0.6 is 23.2 Å². The van der Waals surface area contributed by atoms with Crippen LogP contribution in [0.3, 0.4) is 0 Å². The number of rotatable bonds is 6. The number of hydrogen-bond acceptors (Lipinski definition) is 3. The lowest BCUT2D eigenvalue weighted by molar-refractivity contribution is 0.135. The lowest BCUT2D eigenvalue weighted by Gasteiger charge is -2.27. The Morgan fingerprint density at radius 2 is 2.19 bits per heavy atom. The maximum absolute atomic E-state index is 9.53. The van der Waals surface area contributed by atoms with E-state index in [0.717, 1.165) is 31.5 Å². The normalized spacial score (nSPS) is 24.4. The van der Waals surface area contributed by atoms with Crippen LogP contribution in [-0.2, 0) is 0 Å². The van der Waals surface area contributed by atoms with Gasteiger partial charge in [-0.3, -0.25) is 4.90 Å². The Bertz CT molecular complexity index is 470. The van der Waals surface area contributed by atoms with Gasteiger partial charge in [0.25, 0.3) is 0 Å². The number of aliphatic hydroxyl groups excluding tert-OH is 1. The van der Waals surface area contributed by atoms with Gasteiger partial charge in [-0.15, -0.1) is 0 Å². The lowest BCUT2D eigenvalue weighted by atomic mass is 10.0. The van der Waals surface area contributed by atoms with Crippen LogP contribution in [0, 0.1) is 5.92 Å². The Hall–Kier alpha value is -0.320. The average Bonchev–Trinajstić information content (AvgIpc) is 2.84. The smallest absolute Gasteiger partial charge is 0.0640 e. The summed E-state index contributed by atoms with van der Waals surface area (Å²) in [7, 11) is 1.94. The Morgan fingerprint density at radius 3 is 2.86 bits per heavy atom. The number of benzene rings is 1. The predicted octanol–water partition coefficient (Wildman–Crippen LogP) is 3.35. The summed E-state index contributed by atoms with van der Waals surface area (Å²) in [4.78, 5) is 2.38. The maximum atomic E-state index is 9.53. The Labute approximate surface area is 137 Å². The highest BCUT2D eigenvalue weighted by Gasteiger charge is 2.30. The molecule has 0 aromatic heterocycles. The molecule has 3 unspecified atom stereocenters. The first-order chi connectivity index (χ1) is 10.1. The molecule has 0 amide bonds. The van der Waals surface area contributed by atoms with Gasteiger partial charge in [0.15, 0.2) is 0 Å². The Kier molecular flexibility index (Phi) is 6.33. The van der Waals surface area contributed by atoms with E-state index in [0.29, 0.717) is 16.0 Å². The van der Waals surface area contributed by atoms with E-state index in [1.165, 1.54) is 0 Å². The van der Waals surface area contributed by atoms with Crippen LogP contribution in [0.25, 0.3) is 0 Å². The third kappa shape index (κ3) is 3.91. The first-order valence-corrected chi connectivity index (χ1v) is 8.30. The van der Waals surface area contributed by atoms with Crippen molar-refractivity contribution >= 4 is 23.2 Å². The van der Waals surface area contributed by atoms with Crippen LogP contribution in [-0.4, -0.2) is 42.8 Å². The molecule has 118 valence electrons. The fourth-order valence-corrected chi connectivity index (χ4v) is 3.64. The predicted molar refractivity (Wildman–Crippen MR) is 89.1 cm³/mol. The Morgan fingerprint density at radius 1 is 1.43 bits per heavy atom. The summed E-state index contributed by atoms with van der Waals surface area (Å²) in [5.41, 5.74) is 1.04. The lowest BCUT2D eigenvalue weighted by Crippen LogP contribution is -2.37. The van der Waals surface area contributed by atoms with Crippen molar-refractivity contribution in [2.24, 2.45) is 5.92 Å². The van der Waals surface area contributed by atoms with E-state index in [9.17, 15) is 5.11 Å². The van der Waals surface area contributed by atoms with Gasteiger partial charge >= 0.3 is 0 Å². The first kappa shape index (κ1) is 17.0. The molecule has 0 saturated carbocycles. The van der Waals surface area contributed by atoms with Crippen molar-refractivity contribution in [1.82, 2.24) is 10.2 Å². The topological polar surface area (TPSA) is 35.5 Å². The number of likely N-dealkylation sites (tertiary alicyclic amines) is 1. The van der Waals surface area contributed by atoms with Gasteiger partial charge in [-0.1, -0.05) is 42.3 Å². The third-order valence-corrected chi connectivity index (χ3v) is 5.43. The standard InChI is InChI=1S/C16H24Cl2N2O/c1-11-6-8-20(15(11)10-21)9-7-14(19-2)12-4-3-5-13(17)16(12)18/h3-5,11,14-15,19,21H,6-10H2,1-2H3. The van der Waals surface area contributed by atoms with Crippen molar-refractivity contribution in [3.63, 3.8) is 0 Å². The molecule has 0 bridgehead atoms. The molecule has 1 aliphatic rings. The van der Waals surface area contributed by atoms with Crippen molar-refractivity contribution < 1.29 is 5.11 Å². The molecule has 0 spiro atoms. The highest BCUT2D eigenvalue weighted by molar-refractivity contribution is 6.42. The van der Waals surface area contributed by atoms with Crippen LogP contribution in [0.1, 0.15) is 31.4 Å². The highest BCUT2D eigenvalue weighted by atomic mass is 35.5. The summed E-state index contributed by atoms with van der Waals surface area (Å²) in [6, 6.07) is 6.22. The molecule has 3 nitrogen and oxygen atoms in total. The molecule has 1 heterocycles. The largest absolute Gasteiger partial charge is 0.395 e. The van der Waals surface area contributed by atoms with Gasteiger partial charge in [0.2, 0.25) is 0 Å². The van der Waals surface area contributed by atoms with Crippen molar-refractivity contribution in [2.75, 3.05) is 26.7 Å². The van der Waals surface area contributed by atoms with Crippen LogP contribution in [0.4, 0.5) is 0 Å². The molecule has 0 aliphatic carbocycles. The zero-order valence-electron chi connectivity index (χ0n) is 12.6. The SMILES string of the molecule is CNC(CCN1CCC(C)C1CO)c1cccc(Cl)c1Cl. The van der Waals surface area contributed by atoms with Gasteiger partial charge in [0.05, 0.1) is 16.7 Å². The number of nitrogens with zero attached hydrogens (tertiary/aromatic N) is 1. The minimum Gasteiger partial charge on any atom is -0.395 e. The van der Waals surface area contributed by atoms with Crippen LogP contribution in [0.5, 0.6) is 0 Å². The van der Waals surface area contributed by atoms with Crippen molar-refractivity contribution in [3.8, 4) is 0 Å². The van der Waals surface area contributed by atoms with Gasteiger partial charge in [-0.25, -0.2) is 0 Å². The van der Waals surface area contributed by atoms with Gasteiger partial charge in [-0.2, -0.15) is 0 Å². The van der Waals surface area contributed by atoms with E-state index < -0.39 is 0 Å². The summed E-state index contributed by atoms with van der Waals surface area (Å²) in [5, 5.41) is 14.1. The van der Waals surface area contributed by atoms with Crippen LogP contribution in [0.15, 0.2) is 18.2 Å². The van der Waals surface area contributed by atoms with Gasteiger partial charge in [0, 0.05) is 18.6 Å². The fraction of sp³-hybridized carbons (Fsp3) is 0.625. The second-order valence-electron chi connectivity index (χ2n) is 5.82. The molecule has 3 atom stereocenters. The molecule has 2 N–H and O–H groups in total. The average molecular weight is 331 g/mol. The van der Waals surface area contributed by atoms with E-state index in [2.05, 4.69) is 17.1 Å². The van der Waals surface area contributed by atoms with E-state index in [4.69, 9.17) is 23.2 Å². The molecule has 1 aromatic rings. The number of aliphatic hydroxyl groups is 1. The monoisotopic (exact) mass is 330 g/mol. The zero-order chi connectivity index (χ0) is 15.4. The number of nitrogens with one attached hydrogen (secondary N) is 1. The minimum absolute atomic E-state index is 0.173. The summed E-state index contributed by atoms with van der Waals surface area (Å²) < 4.78 is 0. The van der Waals surface area contributed by atoms with Crippen LogP contribution in [0.2, 0.25) is 10.0 Å². The van der Waals surface area contributed by atoms with E-state index in [1.807, 2.05) is 25.2 Å². The van der Waals surface area contributed by atoms with Gasteiger partial charge in [0.1, 0.15) is 0 Å². The van der Waals surface area contributed by atoms with Crippen molar-refractivity contribution in [3.05, 3.63) is 33.8 Å². The zero-order valence-corrected chi connectivity index (χ0v) is 14.2. The van der Waals surface area contributed by atoms with Gasteiger partial charge < -0.3 is 10.4 Å². The second-order valence-corrected chi connectivity index (χ2v) is 6.61. The number of halogens is 2. The number of hydrogen-bond donors (Lipinski definition) is 2. The fourth-order valence-electron chi connectivity index (χ4n) is 3.20. The maximum Gasteiger partial charge on any atom is 0.0640 e.